The first-order valence-corrected chi connectivity index (χ1v) is 8.22. The Morgan fingerprint density at radius 2 is 2.14 bits per heavy atom. The summed E-state index contributed by atoms with van der Waals surface area (Å²) in [5.74, 6) is 1.59. The van der Waals surface area contributed by atoms with Crippen molar-refractivity contribution in [2.24, 2.45) is 5.92 Å². The van der Waals surface area contributed by atoms with E-state index in [1.807, 2.05) is 13.2 Å². The Morgan fingerprint density at radius 1 is 1.33 bits per heavy atom. The molecule has 2 unspecified atom stereocenters. The second-order valence-corrected chi connectivity index (χ2v) is 6.42. The van der Waals surface area contributed by atoms with Gasteiger partial charge in [-0.25, -0.2) is 0 Å². The molecular formula is C17H27NO3. The highest BCUT2D eigenvalue weighted by Gasteiger charge is 2.41. The maximum absolute atomic E-state index is 6.17. The van der Waals surface area contributed by atoms with Crippen LogP contribution >= 0.6 is 0 Å². The largest absolute Gasteiger partial charge is 0.469 e. The van der Waals surface area contributed by atoms with Crippen LogP contribution < -0.4 is 5.32 Å². The molecule has 21 heavy (non-hydrogen) atoms. The first-order chi connectivity index (χ1) is 10.2. The van der Waals surface area contributed by atoms with Gasteiger partial charge in [0.2, 0.25) is 0 Å². The lowest BCUT2D eigenvalue weighted by molar-refractivity contribution is -0.150. The molecule has 2 aliphatic rings. The van der Waals surface area contributed by atoms with Crippen LogP contribution in [0.2, 0.25) is 0 Å². The van der Waals surface area contributed by atoms with Gasteiger partial charge in [0.05, 0.1) is 11.9 Å². The number of aryl methyl sites for hydroxylation is 1. The maximum Gasteiger partial charge on any atom is 0.101 e. The Morgan fingerprint density at radius 3 is 2.81 bits per heavy atom. The molecular weight excluding hydrogens is 266 g/mol. The van der Waals surface area contributed by atoms with E-state index < -0.39 is 0 Å². The van der Waals surface area contributed by atoms with Gasteiger partial charge >= 0.3 is 0 Å². The van der Waals surface area contributed by atoms with Crippen LogP contribution in [0.25, 0.3) is 0 Å². The molecule has 118 valence electrons. The standard InChI is InChI=1S/C17H27NO3/c1-3-18-16(15-10-13(2)20-12-15)14-4-7-21-17(11-14)5-8-19-9-6-17/h10,12,14,16,18H,3-9,11H2,1-2H3. The van der Waals surface area contributed by atoms with E-state index in [2.05, 4.69) is 18.3 Å². The fourth-order valence-electron chi connectivity index (χ4n) is 3.85. The van der Waals surface area contributed by atoms with E-state index >= 15 is 0 Å². The van der Waals surface area contributed by atoms with Crippen LogP contribution in [0, 0.1) is 12.8 Å². The van der Waals surface area contributed by atoms with Crippen LogP contribution in [0.3, 0.4) is 0 Å². The summed E-state index contributed by atoms with van der Waals surface area (Å²) in [5, 5.41) is 3.66. The zero-order chi connectivity index (χ0) is 14.7. The van der Waals surface area contributed by atoms with Crippen LogP contribution in [0.5, 0.6) is 0 Å². The Hall–Kier alpha value is -0.840. The highest BCUT2D eigenvalue weighted by molar-refractivity contribution is 5.18. The summed E-state index contributed by atoms with van der Waals surface area (Å²) in [6.07, 6.45) is 6.22. The van der Waals surface area contributed by atoms with Crippen molar-refractivity contribution >= 4 is 0 Å². The number of furan rings is 1. The van der Waals surface area contributed by atoms with E-state index in [0.717, 1.165) is 57.8 Å². The zero-order valence-electron chi connectivity index (χ0n) is 13.2. The molecule has 4 heteroatoms. The fraction of sp³-hybridized carbons (Fsp3) is 0.765. The van der Waals surface area contributed by atoms with Gasteiger partial charge in [-0.2, -0.15) is 0 Å². The van der Waals surface area contributed by atoms with Gasteiger partial charge in [0, 0.05) is 31.4 Å². The number of nitrogens with one attached hydrogen (secondary N) is 1. The smallest absolute Gasteiger partial charge is 0.101 e. The van der Waals surface area contributed by atoms with E-state index in [1.165, 1.54) is 5.56 Å². The minimum Gasteiger partial charge on any atom is -0.469 e. The molecule has 4 nitrogen and oxygen atoms in total. The third-order valence-electron chi connectivity index (χ3n) is 4.94. The molecule has 2 atom stereocenters. The Bertz CT molecular complexity index is 445. The Labute approximate surface area is 127 Å². The summed E-state index contributed by atoms with van der Waals surface area (Å²) in [4.78, 5) is 0. The summed E-state index contributed by atoms with van der Waals surface area (Å²) in [7, 11) is 0. The average molecular weight is 293 g/mol. The van der Waals surface area contributed by atoms with Crippen molar-refractivity contribution in [3.63, 3.8) is 0 Å². The van der Waals surface area contributed by atoms with Gasteiger partial charge in [0.15, 0.2) is 0 Å². The summed E-state index contributed by atoms with van der Waals surface area (Å²) in [6.45, 7) is 7.69. The first-order valence-electron chi connectivity index (χ1n) is 8.22. The van der Waals surface area contributed by atoms with E-state index in [4.69, 9.17) is 13.9 Å². The number of hydrogen-bond acceptors (Lipinski definition) is 4. The molecule has 0 saturated carbocycles. The summed E-state index contributed by atoms with van der Waals surface area (Å²) < 4.78 is 17.2. The van der Waals surface area contributed by atoms with Crippen molar-refractivity contribution in [2.75, 3.05) is 26.4 Å². The molecule has 0 radical (unpaired) electrons. The van der Waals surface area contributed by atoms with E-state index in [0.29, 0.717) is 12.0 Å². The quantitative estimate of drug-likeness (QED) is 0.925. The van der Waals surface area contributed by atoms with Gasteiger partial charge in [0.1, 0.15) is 5.76 Å². The molecule has 0 aromatic carbocycles. The highest BCUT2D eigenvalue weighted by Crippen LogP contribution is 2.42. The monoisotopic (exact) mass is 293 g/mol. The molecule has 0 amide bonds. The second kappa shape index (κ2) is 6.51. The van der Waals surface area contributed by atoms with Crippen LogP contribution in [-0.2, 0) is 9.47 Å². The molecule has 1 aromatic heterocycles. The van der Waals surface area contributed by atoms with Gasteiger partial charge in [-0.05, 0) is 51.1 Å². The van der Waals surface area contributed by atoms with Gasteiger partial charge in [-0.3, -0.25) is 0 Å². The van der Waals surface area contributed by atoms with Crippen molar-refractivity contribution in [1.29, 1.82) is 0 Å². The number of ether oxygens (including phenoxy) is 2. The molecule has 2 fully saturated rings. The first kappa shape index (κ1) is 15.1. The fourth-order valence-corrected chi connectivity index (χ4v) is 3.85. The Balaban J connectivity index is 1.75. The van der Waals surface area contributed by atoms with Crippen molar-refractivity contribution < 1.29 is 13.9 Å². The molecule has 0 aliphatic carbocycles. The van der Waals surface area contributed by atoms with Crippen molar-refractivity contribution in [2.45, 2.75) is 51.2 Å². The number of rotatable bonds is 4. The van der Waals surface area contributed by atoms with Gasteiger partial charge in [-0.1, -0.05) is 6.92 Å². The predicted octanol–water partition coefficient (Wildman–Crippen LogP) is 3.21. The van der Waals surface area contributed by atoms with E-state index in [9.17, 15) is 0 Å². The third-order valence-corrected chi connectivity index (χ3v) is 4.94. The summed E-state index contributed by atoms with van der Waals surface area (Å²) >= 11 is 0. The topological polar surface area (TPSA) is 43.6 Å². The third kappa shape index (κ3) is 3.33. The van der Waals surface area contributed by atoms with Gasteiger partial charge in [-0.15, -0.1) is 0 Å². The Kier molecular flexibility index (Phi) is 4.67. The maximum atomic E-state index is 6.17. The summed E-state index contributed by atoms with van der Waals surface area (Å²) in [6, 6.07) is 2.54. The molecule has 2 aliphatic heterocycles. The van der Waals surface area contributed by atoms with Crippen molar-refractivity contribution in [3.8, 4) is 0 Å². The van der Waals surface area contributed by atoms with Crippen molar-refractivity contribution in [1.82, 2.24) is 5.32 Å². The van der Waals surface area contributed by atoms with E-state index in [1.54, 1.807) is 0 Å². The number of hydrogen-bond donors (Lipinski definition) is 1. The lowest BCUT2D eigenvalue weighted by Gasteiger charge is -2.45. The molecule has 3 heterocycles. The molecule has 2 saturated heterocycles. The van der Waals surface area contributed by atoms with Crippen LogP contribution in [-0.4, -0.2) is 32.0 Å². The predicted molar refractivity (Wildman–Crippen MR) is 81.3 cm³/mol. The van der Waals surface area contributed by atoms with Crippen LogP contribution in [0.15, 0.2) is 16.7 Å². The van der Waals surface area contributed by atoms with Crippen LogP contribution in [0.4, 0.5) is 0 Å². The zero-order valence-corrected chi connectivity index (χ0v) is 13.2. The molecule has 1 spiro atoms. The minimum absolute atomic E-state index is 0.0492. The van der Waals surface area contributed by atoms with Gasteiger partial charge < -0.3 is 19.2 Å². The van der Waals surface area contributed by atoms with Crippen molar-refractivity contribution in [3.05, 3.63) is 23.7 Å². The highest BCUT2D eigenvalue weighted by atomic mass is 16.5. The molecule has 0 bridgehead atoms. The molecule has 1 aromatic rings. The van der Waals surface area contributed by atoms with Crippen LogP contribution in [0.1, 0.15) is 50.0 Å². The SMILES string of the molecule is CCNC(c1coc(C)c1)C1CCOC2(CCOCC2)C1. The molecule has 1 N–H and O–H groups in total. The second-order valence-electron chi connectivity index (χ2n) is 6.42. The lowest BCUT2D eigenvalue weighted by atomic mass is 9.76. The average Bonchev–Trinajstić information content (AvgIpc) is 2.92. The summed E-state index contributed by atoms with van der Waals surface area (Å²) in [5.41, 5.74) is 1.33. The normalized spacial score (nSPS) is 26.9. The molecule has 3 rings (SSSR count). The van der Waals surface area contributed by atoms with Gasteiger partial charge in [0.25, 0.3) is 0 Å². The lowest BCUT2D eigenvalue weighted by Crippen LogP contribution is -2.46. The minimum atomic E-state index is 0.0492. The van der Waals surface area contributed by atoms with E-state index in [-0.39, 0.29) is 5.60 Å².